The molecule has 0 fully saturated rings. The molecule has 1 unspecified atom stereocenters. The lowest BCUT2D eigenvalue weighted by molar-refractivity contribution is -0.140. The molecule has 1 rings (SSSR count). The van der Waals surface area contributed by atoms with Gasteiger partial charge >= 0.3 is 13.6 Å². The molecule has 1 aromatic carbocycles. The maximum atomic E-state index is 11.8. The van der Waals surface area contributed by atoms with Crippen LogP contribution in [-0.4, -0.2) is 39.0 Å². The van der Waals surface area contributed by atoms with E-state index in [9.17, 15) is 14.2 Å². The third-order valence-corrected chi connectivity index (χ3v) is 3.61. The molecule has 120 valence electrons. The van der Waals surface area contributed by atoms with Crippen molar-refractivity contribution in [3.63, 3.8) is 0 Å². The molecule has 8 heteroatoms. The fourth-order valence-corrected chi connectivity index (χ4v) is 2.60. The third-order valence-electron chi connectivity index (χ3n) is 2.70. The number of hydrogen-bond donors (Lipinski definition) is 4. The maximum absolute atomic E-state index is 11.8. The van der Waals surface area contributed by atoms with Gasteiger partial charge in [-0.2, -0.15) is 0 Å². The van der Waals surface area contributed by atoms with Gasteiger partial charge in [0.1, 0.15) is 6.04 Å². The minimum atomic E-state index is -4.27. The predicted molar refractivity (Wildman–Crippen MR) is 80.4 cm³/mol. The van der Waals surface area contributed by atoms with Gasteiger partial charge in [0, 0.05) is 0 Å². The molecule has 0 aliphatic rings. The van der Waals surface area contributed by atoms with Crippen LogP contribution in [0.25, 0.3) is 0 Å². The van der Waals surface area contributed by atoms with Crippen LogP contribution >= 0.6 is 7.60 Å². The molecule has 1 amide bonds. The number of carbonyl (C=O) groups is 2. The minimum Gasteiger partial charge on any atom is -0.479 e. The molecule has 0 spiro atoms. The van der Waals surface area contributed by atoms with E-state index in [1.54, 1.807) is 30.3 Å². The van der Waals surface area contributed by atoms with Crippen molar-refractivity contribution < 1.29 is 29.0 Å². The number of hydrogen-bond acceptors (Lipinski definition) is 3. The smallest absolute Gasteiger partial charge is 0.330 e. The summed E-state index contributed by atoms with van der Waals surface area (Å²) in [6.45, 7) is 1.40. The highest BCUT2D eigenvalue weighted by Gasteiger charge is 2.20. The Morgan fingerprint density at radius 3 is 2.36 bits per heavy atom. The minimum absolute atomic E-state index is 0.0238. The number of carboxylic acid groups (broad SMARTS) is 1. The second-order valence-corrected chi connectivity index (χ2v) is 6.53. The zero-order valence-corrected chi connectivity index (χ0v) is 12.9. The Hall–Kier alpha value is -1.95. The van der Waals surface area contributed by atoms with Crippen LogP contribution in [0.3, 0.4) is 0 Å². The van der Waals surface area contributed by atoms with Crippen molar-refractivity contribution in [3.05, 3.63) is 47.5 Å². The number of aliphatic carboxylic acids is 1. The van der Waals surface area contributed by atoms with Crippen molar-refractivity contribution in [2.24, 2.45) is 0 Å². The van der Waals surface area contributed by atoms with E-state index in [1.807, 2.05) is 0 Å². The van der Waals surface area contributed by atoms with E-state index in [2.05, 4.69) is 5.32 Å². The zero-order valence-electron chi connectivity index (χ0n) is 12.0. The quantitative estimate of drug-likeness (QED) is 0.436. The standard InChI is InChI=1S/C14H18NO6P/c1-10(9-22(19,20)21)7-12(14(17)18)15-13(16)8-11-5-3-2-4-6-11/h2-7,12H,8-9H2,1H3,(H,15,16)(H,17,18)(H2,19,20,21)/b10-7+. The highest BCUT2D eigenvalue weighted by Crippen LogP contribution is 2.36. The van der Waals surface area contributed by atoms with E-state index in [4.69, 9.17) is 14.9 Å². The topological polar surface area (TPSA) is 124 Å². The van der Waals surface area contributed by atoms with Gasteiger partial charge in [-0.15, -0.1) is 0 Å². The van der Waals surface area contributed by atoms with Crippen molar-refractivity contribution in [3.8, 4) is 0 Å². The summed E-state index contributed by atoms with van der Waals surface area (Å²) < 4.78 is 10.9. The monoisotopic (exact) mass is 327 g/mol. The van der Waals surface area contributed by atoms with Crippen LogP contribution in [0.4, 0.5) is 0 Å². The van der Waals surface area contributed by atoms with Crippen molar-refractivity contribution in [2.45, 2.75) is 19.4 Å². The van der Waals surface area contributed by atoms with E-state index in [0.717, 1.165) is 11.6 Å². The lowest BCUT2D eigenvalue weighted by Gasteiger charge is -2.13. The van der Waals surface area contributed by atoms with Crippen molar-refractivity contribution in [2.75, 3.05) is 6.16 Å². The largest absolute Gasteiger partial charge is 0.479 e. The summed E-state index contributed by atoms with van der Waals surface area (Å²) in [5, 5.41) is 11.4. The number of carbonyl (C=O) groups excluding carboxylic acids is 1. The van der Waals surface area contributed by atoms with Crippen LogP contribution in [0.1, 0.15) is 12.5 Å². The van der Waals surface area contributed by atoms with Gasteiger partial charge in [0.2, 0.25) is 5.91 Å². The Morgan fingerprint density at radius 2 is 1.86 bits per heavy atom. The molecule has 0 radical (unpaired) electrons. The Bertz CT molecular complexity index is 607. The maximum Gasteiger partial charge on any atom is 0.330 e. The predicted octanol–water partition coefficient (Wildman–Crippen LogP) is 0.922. The van der Waals surface area contributed by atoms with E-state index >= 15 is 0 Å². The van der Waals surface area contributed by atoms with Gasteiger partial charge in [-0.05, 0) is 12.5 Å². The Morgan fingerprint density at radius 1 is 1.27 bits per heavy atom. The fourth-order valence-electron chi connectivity index (χ4n) is 1.84. The summed E-state index contributed by atoms with van der Waals surface area (Å²) in [5.41, 5.74) is 0.931. The number of amides is 1. The van der Waals surface area contributed by atoms with E-state index in [-0.39, 0.29) is 12.0 Å². The van der Waals surface area contributed by atoms with Gasteiger partial charge in [-0.25, -0.2) is 4.79 Å². The van der Waals surface area contributed by atoms with Crippen LogP contribution in [0, 0.1) is 0 Å². The average molecular weight is 327 g/mol. The molecule has 0 saturated carbocycles. The molecule has 0 saturated heterocycles. The summed E-state index contributed by atoms with van der Waals surface area (Å²) in [5.74, 6) is -1.79. The lowest BCUT2D eigenvalue weighted by atomic mass is 10.1. The molecule has 7 nitrogen and oxygen atoms in total. The fraction of sp³-hybridized carbons (Fsp3) is 0.286. The Kier molecular flexibility index (Phi) is 6.49. The Labute approximate surface area is 127 Å². The molecule has 4 N–H and O–H groups in total. The molecular weight excluding hydrogens is 309 g/mol. The normalized spacial score (nSPS) is 13.5. The molecule has 0 bridgehead atoms. The van der Waals surface area contributed by atoms with Crippen molar-refractivity contribution in [1.29, 1.82) is 0 Å². The van der Waals surface area contributed by atoms with Gasteiger partial charge in [-0.1, -0.05) is 42.0 Å². The van der Waals surface area contributed by atoms with Gasteiger partial charge in [0.15, 0.2) is 0 Å². The third kappa shape index (κ3) is 7.17. The first-order valence-corrected chi connectivity index (χ1v) is 8.25. The summed E-state index contributed by atoms with van der Waals surface area (Å²) in [6.07, 6.45) is 0.603. The van der Waals surface area contributed by atoms with Crippen molar-refractivity contribution >= 4 is 19.5 Å². The first-order valence-electron chi connectivity index (χ1n) is 6.45. The molecule has 0 heterocycles. The molecular formula is C14H18NO6P. The van der Waals surface area contributed by atoms with E-state index in [0.29, 0.717) is 0 Å². The Balaban J connectivity index is 2.72. The molecule has 22 heavy (non-hydrogen) atoms. The van der Waals surface area contributed by atoms with Gasteiger partial charge in [0.05, 0.1) is 12.6 Å². The van der Waals surface area contributed by atoms with Crippen LogP contribution in [-0.2, 0) is 20.6 Å². The first kappa shape index (κ1) is 18.1. The molecule has 0 aromatic heterocycles. The lowest BCUT2D eigenvalue weighted by Crippen LogP contribution is -2.40. The SMILES string of the molecule is C/C(=C\C(NC(=O)Cc1ccccc1)C(=O)O)CP(=O)(O)O. The van der Waals surface area contributed by atoms with Gasteiger partial charge in [-0.3, -0.25) is 9.36 Å². The van der Waals surface area contributed by atoms with Crippen LogP contribution < -0.4 is 5.32 Å². The summed E-state index contributed by atoms with van der Waals surface area (Å²) in [6, 6.07) is 7.48. The van der Waals surface area contributed by atoms with Crippen molar-refractivity contribution in [1.82, 2.24) is 5.32 Å². The number of allylic oxidation sites excluding steroid dienone is 1. The summed E-state index contributed by atoms with van der Waals surface area (Å²) >= 11 is 0. The highest BCUT2D eigenvalue weighted by molar-refractivity contribution is 7.52. The first-order chi connectivity index (χ1) is 10.2. The van der Waals surface area contributed by atoms with Crippen LogP contribution in [0.2, 0.25) is 0 Å². The number of nitrogens with one attached hydrogen (secondary N) is 1. The second-order valence-electron chi connectivity index (χ2n) is 4.88. The summed E-state index contributed by atoms with van der Waals surface area (Å²) in [4.78, 5) is 40.7. The molecule has 0 aliphatic carbocycles. The van der Waals surface area contributed by atoms with Crippen LogP contribution in [0.5, 0.6) is 0 Å². The zero-order chi connectivity index (χ0) is 16.8. The van der Waals surface area contributed by atoms with Gasteiger partial charge < -0.3 is 20.2 Å². The number of benzene rings is 1. The molecule has 0 aliphatic heterocycles. The van der Waals surface area contributed by atoms with E-state index in [1.165, 1.54) is 6.92 Å². The number of carboxylic acids is 1. The summed E-state index contributed by atoms with van der Waals surface area (Å²) in [7, 11) is -4.27. The van der Waals surface area contributed by atoms with E-state index < -0.39 is 31.7 Å². The van der Waals surface area contributed by atoms with Crippen LogP contribution in [0.15, 0.2) is 42.0 Å². The highest BCUT2D eigenvalue weighted by atomic mass is 31.2. The molecule has 1 atom stereocenters. The average Bonchev–Trinajstić information content (AvgIpc) is 2.36. The van der Waals surface area contributed by atoms with Gasteiger partial charge in [0.25, 0.3) is 0 Å². The number of rotatable bonds is 7. The molecule has 1 aromatic rings. The second kappa shape index (κ2) is 7.89.